The van der Waals surface area contributed by atoms with Gasteiger partial charge >= 0.3 is 0 Å². The van der Waals surface area contributed by atoms with Gasteiger partial charge in [-0.25, -0.2) is 0 Å². The summed E-state index contributed by atoms with van der Waals surface area (Å²) in [4.78, 5) is 13.4. The molecule has 0 spiro atoms. The summed E-state index contributed by atoms with van der Waals surface area (Å²) < 4.78 is 0. The fourth-order valence-corrected chi connectivity index (χ4v) is 1.91. The number of rotatable bonds is 5. The summed E-state index contributed by atoms with van der Waals surface area (Å²) in [5, 5.41) is 8.67. The third-order valence-electron chi connectivity index (χ3n) is 2.83. The number of hydrogen-bond donors (Lipinski definition) is 1. The summed E-state index contributed by atoms with van der Waals surface area (Å²) in [5.41, 5.74) is 7.86. The largest absolute Gasteiger partial charge is 0.398 e. The van der Waals surface area contributed by atoms with Crippen LogP contribution in [-0.4, -0.2) is 18.4 Å². The number of anilines is 2. The number of carbonyl (C=O) groups is 1. The predicted octanol–water partition coefficient (Wildman–Crippen LogP) is 2.60. The van der Waals surface area contributed by atoms with Crippen molar-refractivity contribution in [1.29, 1.82) is 5.26 Å². The minimum absolute atomic E-state index is 0.0350. The van der Waals surface area contributed by atoms with Crippen molar-refractivity contribution in [3.8, 4) is 6.07 Å². The Bertz CT molecular complexity index is 474. The van der Waals surface area contributed by atoms with Crippen LogP contribution in [0.2, 0.25) is 0 Å². The molecule has 0 heterocycles. The van der Waals surface area contributed by atoms with Gasteiger partial charge in [0, 0.05) is 29.5 Å². The Balaban J connectivity index is 3.03. The van der Waals surface area contributed by atoms with E-state index in [0.717, 1.165) is 5.69 Å². The summed E-state index contributed by atoms with van der Waals surface area (Å²) >= 11 is 0. The molecule has 0 aliphatic heterocycles. The molecule has 2 N–H and O–H groups in total. The van der Waals surface area contributed by atoms with Crippen molar-refractivity contribution in [1.82, 2.24) is 0 Å². The number of Topliss-reactive ketones (excluding diaryl/α,β-unsaturated/α-hetero) is 1. The third kappa shape index (κ3) is 3.24. The van der Waals surface area contributed by atoms with Crippen LogP contribution in [0.4, 0.5) is 11.4 Å². The van der Waals surface area contributed by atoms with Crippen molar-refractivity contribution in [3.05, 3.63) is 23.8 Å². The quantitative estimate of drug-likeness (QED) is 0.639. The Hall–Kier alpha value is -2.02. The van der Waals surface area contributed by atoms with E-state index in [0.29, 0.717) is 24.2 Å². The maximum atomic E-state index is 11.3. The van der Waals surface area contributed by atoms with Gasteiger partial charge in [-0.05, 0) is 39.0 Å². The van der Waals surface area contributed by atoms with Crippen LogP contribution in [0.1, 0.15) is 37.6 Å². The summed E-state index contributed by atoms with van der Waals surface area (Å²) in [6.07, 6.45) is 0.465. The van der Waals surface area contributed by atoms with Gasteiger partial charge in [-0.15, -0.1) is 0 Å². The molecule has 1 rings (SSSR count). The SMILES string of the molecule is CC(=O)c1ccc(N(CCC#N)C(C)C)cc1N. The molecule has 0 aliphatic carbocycles. The highest BCUT2D eigenvalue weighted by Crippen LogP contribution is 2.23. The molecule has 0 atom stereocenters. The monoisotopic (exact) mass is 245 g/mol. The van der Waals surface area contributed by atoms with Gasteiger partial charge in [-0.3, -0.25) is 4.79 Å². The number of nitrogens with two attached hydrogens (primary N) is 1. The van der Waals surface area contributed by atoms with Crippen LogP contribution in [0.15, 0.2) is 18.2 Å². The molecule has 18 heavy (non-hydrogen) atoms. The number of nitrogen functional groups attached to an aromatic ring is 1. The lowest BCUT2D eigenvalue weighted by molar-refractivity contribution is 0.101. The van der Waals surface area contributed by atoms with Crippen LogP contribution in [-0.2, 0) is 0 Å². The molecule has 0 saturated carbocycles. The molecular weight excluding hydrogens is 226 g/mol. The zero-order chi connectivity index (χ0) is 13.7. The second-order valence-electron chi connectivity index (χ2n) is 4.52. The zero-order valence-corrected chi connectivity index (χ0v) is 11.1. The first-order valence-corrected chi connectivity index (χ1v) is 6.01. The molecule has 0 unspecified atom stereocenters. The maximum Gasteiger partial charge on any atom is 0.161 e. The second-order valence-corrected chi connectivity index (χ2v) is 4.52. The molecule has 0 aliphatic rings. The molecule has 0 saturated heterocycles. The molecule has 0 radical (unpaired) electrons. The van der Waals surface area contributed by atoms with Crippen LogP contribution in [0, 0.1) is 11.3 Å². The summed E-state index contributed by atoms with van der Waals surface area (Å²) in [5.74, 6) is -0.0350. The van der Waals surface area contributed by atoms with Crippen LogP contribution in [0.5, 0.6) is 0 Å². The highest BCUT2D eigenvalue weighted by atomic mass is 16.1. The van der Waals surface area contributed by atoms with Crippen LogP contribution < -0.4 is 10.6 Å². The van der Waals surface area contributed by atoms with Gasteiger partial charge in [0.15, 0.2) is 5.78 Å². The van der Waals surface area contributed by atoms with Crippen molar-refractivity contribution in [3.63, 3.8) is 0 Å². The highest BCUT2D eigenvalue weighted by Gasteiger charge is 2.12. The number of nitrogens with zero attached hydrogens (tertiary/aromatic N) is 2. The first-order valence-electron chi connectivity index (χ1n) is 6.01. The van der Waals surface area contributed by atoms with Crippen molar-refractivity contribution in [2.45, 2.75) is 33.2 Å². The van der Waals surface area contributed by atoms with Crippen LogP contribution in [0.25, 0.3) is 0 Å². The van der Waals surface area contributed by atoms with E-state index in [1.54, 1.807) is 12.1 Å². The third-order valence-corrected chi connectivity index (χ3v) is 2.83. The van der Waals surface area contributed by atoms with Gasteiger partial charge in [0.2, 0.25) is 0 Å². The molecule has 4 heteroatoms. The lowest BCUT2D eigenvalue weighted by Crippen LogP contribution is -2.31. The Morgan fingerprint density at radius 1 is 1.50 bits per heavy atom. The molecule has 4 nitrogen and oxygen atoms in total. The van der Waals surface area contributed by atoms with Crippen molar-refractivity contribution in [2.24, 2.45) is 0 Å². The number of carbonyl (C=O) groups excluding carboxylic acids is 1. The number of hydrogen-bond acceptors (Lipinski definition) is 4. The summed E-state index contributed by atoms with van der Waals surface area (Å²) in [6.45, 7) is 6.28. The molecule has 96 valence electrons. The van der Waals surface area contributed by atoms with Gasteiger partial charge in [-0.2, -0.15) is 5.26 Å². The average Bonchev–Trinajstić information content (AvgIpc) is 2.28. The number of nitriles is 1. The normalized spacial score (nSPS) is 10.2. The fourth-order valence-electron chi connectivity index (χ4n) is 1.91. The van der Waals surface area contributed by atoms with Gasteiger partial charge in [0.25, 0.3) is 0 Å². The van der Waals surface area contributed by atoms with E-state index >= 15 is 0 Å². The smallest absolute Gasteiger partial charge is 0.161 e. The minimum Gasteiger partial charge on any atom is -0.398 e. The van der Waals surface area contributed by atoms with E-state index < -0.39 is 0 Å². The van der Waals surface area contributed by atoms with E-state index in [1.807, 2.05) is 6.07 Å². The number of benzene rings is 1. The van der Waals surface area contributed by atoms with Gasteiger partial charge in [0.05, 0.1) is 12.5 Å². The molecule has 1 aromatic carbocycles. The minimum atomic E-state index is -0.0350. The molecule has 0 aromatic heterocycles. The first-order chi connectivity index (χ1) is 8.47. The van der Waals surface area contributed by atoms with E-state index in [-0.39, 0.29) is 11.8 Å². The van der Waals surface area contributed by atoms with Crippen molar-refractivity contribution < 1.29 is 4.79 Å². The van der Waals surface area contributed by atoms with Crippen LogP contribution >= 0.6 is 0 Å². The summed E-state index contributed by atoms with van der Waals surface area (Å²) in [7, 11) is 0. The molecule has 0 fully saturated rings. The Labute approximate surface area is 108 Å². The predicted molar refractivity (Wildman–Crippen MR) is 73.6 cm³/mol. The van der Waals surface area contributed by atoms with Crippen molar-refractivity contribution in [2.75, 3.05) is 17.2 Å². The van der Waals surface area contributed by atoms with Gasteiger partial charge in [-0.1, -0.05) is 0 Å². The lowest BCUT2D eigenvalue weighted by Gasteiger charge is -2.28. The average molecular weight is 245 g/mol. The Morgan fingerprint density at radius 3 is 2.61 bits per heavy atom. The molecule has 0 amide bonds. The zero-order valence-electron chi connectivity index (χ0n) is 11.1. The standard InChI is InChI=1S/C14H19N3O/c1-10(2)17(8-4-7-15)12-5-6-13(11(3)18)14(16)9-12/h5-6,9-10H,4,8,16H2,1-3H3. The summed E-state index contributed by atoms with van der Waals surface area (Å²) in [6, 6.07) is 7.84. The van der Waals surface area contributed by atoms with Gasteiger partial charge < -0.3 is 10.6 Å². The van der Waals surface area contributed by atoms with Gasteiger partial charge in [0.1, 0.15) is 0 Å². The van der Waals surface area contributed by atoms with Crippen molar-refractivity contribution >= 4 is 17.2 Å². The van der Waals surface area contributed by atoms with E-state index in [9.17, 15) is 4.79 Å². The van der Waals surface area contributed by atoms with E-state index in [4.69, 9.17) is 11.0 Å². The highest BCUT2D eigenvalue weighted by molar-refractivity contribution is 5.99. The molecular formula is C14H19N3O. The maximum absolute atomic E-state index is 11.3. The fraction of sp³-hybridized carbons (Fsp3) is 0.429. The lowest BCUT2D eigenvalue weighted by atomic mass is 10.1. The Kier molecular flexibility index (Phi) is 4.73. The first kappa shape index (κ1) is 14.0. The van der Waals surface area contributed by atoms with E-state index in [1.165, 1.54) is 6.92 Å². The van der Waals surface area contributed by atoms with E-state index in [2.05, 4.69) is 24.8 Å². The molecule has 1 aromatic rings. The Morgan fingerprint density at radius 2 is 2.17 bits per heavy atom. The number of ketones is 1. The second kappa shape index (κ2) is 6.06. The molecule has 0 bridgehead atoms. The van der Waals surface area contributed by atoms with Crippen LogP contribution in [0.3, 0.4) is 0 Å². The topological polar surface area (TPSA) is 70.1 Å².